The summed E-state index contributed by atoms with van der Waals surface area (Å²) < 4.78 is 0. The van der Waals surface area contributed by atoms with E-state index in [4.69, 9.17) is 0 Å². The van der Waals surface area contributed by atoms with Gasteiger partial charge in [0.25, 0.3) is 0 Å². The first-order chi connectivity index (χ1) is 7.25. The largest absolute Gasteiger partial charge is 0.143 e. The Morgan fingerprint density at radius 2 is 1.87 bits per heavy atom. The second kappa shape index (κ2) is 6.95. The maximum atomic E-state index is 4.50. The lowest BCUT2D eigenvalue weighted by atomic mass is 9.95. The Kier molecular flexibility index (Phi) is 5.85. The Morgan fingerprint density at radius 3 is 2.53 bits per heavy atom. The predicted molar refractivity (Wildman–Crippen MR) is 70.9 cm³/mol. The van der Waals surface area contributed by atoms with Gasteiger partial charge in [0.2, 0.25) is 0 Å². The van der Waals surface area contributed by atoms with Crippen LogP contribution in [0.3, 0.4) is 0 Å². The maximum Gasteiger partial charge on any atom is 0.00747 e. The summed E-state index contributed by atoms with van der Waals surface area (Å²) in [6.07, 6.45) is 6.69. The van der Waals surface area contributed by atoms with Crippen molar-refractivity contribution in [3.05, 3.63) is 29.8 Å². The fraction of sp³-hybridized carbons (Fsp3) is 0.571. The van der Waals surface area contributed by atoms with E-state index in [0.29, 0.717) is 5.92 Å². The van der Waals surface area contributed by atoms with Crippen LogP contribution in [0.1, 0.15) is 57.4 Å². The predicted octanol–water partition coefficient (Wildman–Crippen LogP) is 5.05. The SMILES string of the molecule is CCCCCCC(C)c1ccccc1S. The van der Waals surface area contributed by atoms with Crippen molar-refractivity contribution in [2.75, 3.05) is 0 Å². The summed E-state index contributed by atoms with van der Waals surface area (Å²) in [7, 11) is 0. The second-order valence-electron chi connectivity index (χ2n) is 4.31. The Morgan fingerprint density at radius 1 is 1.13 bits per heavy atom. The molecule has 0 aliphatic rings. The Hall–Kier alpha value is -0.430. The molecule has 1 unspecified atom stereocenters. The monoisotopic (exact) mass is 222 g/mol. The van der Waals surface area contributed by atoms with Gasteiger partial charge >= 0.3 is 0 Å². The van der Waals surface area contributed by atoms with Crippen LogP contribution in [-0.2, 0) is 0 Å². The fourth-order valence-electron chi connectivity index (χ4n) is 1.94. The van der Waals surface area contributed by atoms with E-state index in [2.05, 4.69) is 50.7 Å². The molecule has 1 aromatic carbocycles. The molecule has 0 bridgehead atoms. The van der Waals surface area contributed by atoms with Crippen LogP contribution in [0.4, 0.5) is 0 Å². The van der Waals surface area contributed by atoms with Gasteiger partial charge in [0.15, 0.2) is 0 Å². The van der Waals surface area contributed by atoms with Gasteiger partial charge in [-0.2, -0.15) is 0 Å². The van der Waals surface area contributed by atoms with Gasteiger partial charge < -0.3 is 0 Å². The average molecular weight is 222 g/mol. The molecule has 0 spiro atoms. The molecule has 0 aromatic heterocycles. The van der Waals surface area contributed by atoms with Crippen molar-refractivity contribution in [3.8, 4) is 0 Å². The third kappa shape index (κ3) is 4.29. The molecule has 1 atom stereocenters. The number of benzene rings is 1. The normalized spacial score (nSPS) is 12.7. The summed E-state index contributed by atoms with van der Waals surface area (Å²) in [6, 6.07) is 8.45. The van der Waals surface area contributed by atoms with Crippen molar-refractivity contribution >= 4 is 12.6 Å². The van der Waals surface area contributed by atoms with Gasteiger partial charge in [-0.25, -0.2) is 0 Å². The molecule has 15 heavy (non-hydrogen) atoms. The lowest BCUT2D eigenvalue weighted by molar-refractivity contribution is 0.575. The number of thiol groups is 1. The summed E-state index contributed by atoms with van der Waals surface area (Å²) in [6.45, 7) is 4.56. The third-order valence-electron chi connectivity index (χ3n) is 2.96. The van der Waals surface area contributed by atoms with E-state index in [1.807, 2.05) is 0 Å². The van der Waals surface area contributed by atoms with Crippen molar-refractivity contribution in [2.24, 2.45) is 0 Å². The highest BCUT2D eigenvalue weighted by molar-refractivity contribution is 7.80. The van der Waals surface area contributed by atoms with E-state index in [-0.39, 0.29) is 0 Å². The minimum atomic E-state index is 0.649. The summed E-state index contributed by atoms with van der Waals surface area (Å²) in [5.74, 6) is 0.649. The van der Waals surface area contributed by atoms with Crippen LogP contribution in [0.15, 0.2) is 29.2 Å². The van der Waals surface area contributed by atoms with Gasteiger partial charge in [-0.05, 0) is 24.0 Å². The molecule has 0 N–H and O–H groups in total. The highest BCUT2D eigenvalue weighted by Gasteiger charge is 2.07. The van der Waals surface area contributed by atoms with Gasteiger partial charge in [0.1, 0.15) is 0 Å². The molecule has 0 nitrogen and oxygen atoms in total. The van der Waals surface area contributed by atoms with Crippen LogP contribution >= 0.6 is 12.6 Å². The number of hydrogen-bond donors (Lipinski definition) is 1. The lowest BCUT2D eigenvalue weighted by Crippen LogP contribution is -1.95. The minimum Gasteiger partial charge on any atom is -0.143 e. The van der Waals surface area contributed by atoms with E-state index >= 15 is 0 Å². The van der Waals surface area contributed by atoms with E-state index < -0.39 is 0 Å². The average Bonchev–Trinajstić information content (AvgIpc) is 2.25. The quantitative estimate of drug-likeness (QED) is 0.505. The molecule has 84 valence electrons. The van der Waals surface area contributed by atoms with E-state index in [1.54, 1.807) is 0 Å². The van der Waals surface area contributed by atoms with Gasteiger partial charge in [0, 0.05) is 4.90 Å². The zero-order valence-electron chi connectivity index (χ0n) is 9.87. The molecule has 0 saturated carbocycles. The molecule has 0 fully saturated rings. The maximum absolute atomic E-state index is 4.50. The molecular formula is C14H22S. The first-order valence-electron chi connectivity index (χ1n) is 6.03. The van der Waals surface area contributed by atoms with Crippen molar-refractivity contribution in [2.45, 2.75) is 56.8 Å². The standard InChI is InChI=1S/C14H22S/c1-3-4-5-6-9-12(2)13-10-7-8-11-14(13)15/h7-8,10-12,15H,3-6,9H2,1-2H3. The lowest BCUT2D eigenvalue weighted by Gasteiger charge is -2.13. The number of hydrogen-bond acceptors (Lipinski definition) is 1. The molecule has 1 rings (SSSR count). The van der Waals surface area contributed by atoms with Crippen LogP contribution < -0.4 is 0 Å². The summed E-state index contributed by atoms with van der Waals surface area (Å²) in [5.41, 5.74) is 1.40. The Bertz CT molecular complexity index is 280. The van der Waals surface area contributed by atoms with Crippen LogP contribution in [-0.4, -0.2) is 0 Å². The Balaban J connectivity index is 2.40. The summed E-state index contributed by atoms with van der Waals surface area (Å²) >= 11 is 4.50. The van der Waals surface area contributed by atoms with Gasteiger partial charge in [-0.3, -0.25) is 0 Å². The van der Waals surface area contributed by atoms with Crippen molar-refractivity contribution in [1.29, 1.82) is 0 Å². The highest BCUT2D eigenvalue weighted by Crippen LogP contribution is 2.26. The Labute approximate surface area is 99.5 Å². The van der Waals surface area contributed by atoms with E-state index in [1.165, 1.54) is 37.7 Å². The zero-order chi connectivity index (χ0) is 11.1. The van der Waals surface area contributed by atoms with Crippen LogP contribution in [0.2, 0.25) is 0 Å². The van der Waals surface area contributed by atoms with Crippen LogP contribution in [0, 0.1) is 0 Å². The summed E-state index contributed by atoms with van der Waals surface area (Å²) in [5, 5.41) is 0. The van der Waals surface area contributed by atoms with Crippen molar-refractivity contribution in [3.63, 3.8) is 0 Å². The van der Waals surface area contributed by atoms with Gasteiger partial charge in [0.05, 0.1) is 0 Å². The molecule has 0 radical (unpaired) electrons. The number of unbranched alkanes of at least 4 members (excludes halogenated alkanes) is 3. The molecule has 0 heterocycles. The second-order valence-corrected chi connectivity index (χ2v) is 4.79. The molecule has 0 saturated heterocycles. The highest BCUT2D eigenvalue weighted by atomic mass is 32.1. The topological polar surface area (TPSA) is 0 Å². The molecule has 1 aromatic rings. The van der Waals surface area contributed by atoms with Crippen LogP contribution in [0.5, 0.6) is 0 Å². The van der Waals surface area contributed by atoms with Crippen molar-refractivity contribution < 1.29 is 0 Å². The molecule has 1 heteroatoms. The first-order valence-corrected chi connectivity index (χ1v) is 6.48. The first kappa shape index (κ1) is 12.6. The molecular weight excluding hydrogens is 200 g/mol. The van der Waals surface area contributed by atoms with E-state index in [9.17, 15) is 0 Å². The third-order valence-corrected chi connectivity index (χ3v) is 3.37. The zero-order valence-corrected chi connectivity index (χ0v) is 10.8. The van der Waals surface area contributed by atoms with Gasteiger partial charge in [-0.1, -0.05) is 57.7 Å². The van der Waals surface area contributed by atoms with Crippen LogP contribution in [0.25, 0.3) is 0 Å². The summed E-state index contributed by atoms with van der Waals surface area (Å²) in [4.78, 5) is 1.14. The minimum absolute atomic E-state index is 0.649. The molecule has 0 aliphatic carbocycles. The van der Waals surface area contributed by atoms with E-state index in [0.717, 1.165) is 4.90 Å². The smallest absolute Gasteiger partial charge is 0.00747 e. The molecule has 0 amide bonds. The van der Waals surface area contributed by atoms with Gasteiger partial charge in [-0.15, -0.1) is 12.6 Å². The number of rotatable bonds is 6. The molecule has 0 aliphatic heterocycles. The fourth-order valence-corrected chi connectivity index (χ4v) is 2.32. The van der Waals surface area contributed by atoms with Crippen molar-refractivity contribution in [1.82, 2.24) is 0 Å².